The first kappa shape index (κ1) is 12.3. The Morgan fingerprint density at radius 1 is 1.50 bits per heavy atom. The smallest absolute Gasteiger partial charge is 0.183 e. The van der Waals surface area contributed by atoms with E-state index in [0.29, 0.717) is 4.47 Å². The molecule has 2 heterocycles. The summed E-state index contributed by atoms with van der Waals surface area (Å²) in [6, 6.07) is 0. The van der Waals surface area contributed by atoms with Crippen molar-refractivity contribution in [3.05, 3.63) is 15.5 Å². The molecule has 0 aliphatic carbocycles. The Morgan fingerprint density at radius 3 is 2.69 bits per heavy atom. The third kappa shape index (κ3) is 3.19. The van der Waals surface area contributed by atoms with Crippen LogP contribution in [0, 0.1) is 11.8 Å². The second kappa shape index (κ2) is 5.48. The summed E-state index contributed by atoms with van der Waals surface area (Å²) in [6.07, 6.45) is 4.58. The van der Waals surface area contributed by atoms with Crippen molar-refractivity contribution in [3.8, 4) is 0 Å². The van der Waals surface area contributed by atoms with E-state index < -0.39 is 0 Å². The lowest BCUT2D eigenvalue weighted by Gasteiger charge is -2.33. The molecular weight excluding hydrogens is 240 g/mol. The van der Waals surface area contributed by atoms with E-state index in [9.17, 15) is 0 Å². The van der Waals surface area contributed by atoms with E-state index in [1.807, 2.05) is 6.20 Å². The van der Waals surface area contributed by atoms with E-state index in [1.165, 1.54) is 30.8 Å². The van der Waals surface area contributed by atoms with Gasteiger partial charge in [-0.1, -0.05) is 25.4 Å². The molecule has 1 aliphatic rings. The molecule has 1 aliphatic heterocycles. The van der Waals surface area contributed by atoms with E-state index in [1.54, 1.807) is 11.3 Å². The van der Waals surface area contributed by atoms with Crippen LogP contribution in [-0.4, -0.2) is 23.0 Å². The Kier molecular flexibility index (Phi) is 4.22. The van der Waals surface area contributed by atoms with Gasteiger partial charge in [-0.2, -0.15) is 0 Å². The highest BCUT2D eigenvalue weighted by atomic mass is 35.5. The molecule has 0 saturated carbocycles. The van der Waals surface area contributed by atoms with Crippen LogP contribution in [0.3, 0.4) is 0 Å². The van der Waals surface area contributed by atoms with Gasteiger partial charge in [-0.3, -0.25) is 4.90 Å². The van der Waals surface area contributed by atoms with E-state index in [-0.39, 0.29) is 0 Å². The van der Waals surface area contributed by atoms with Gasteiger partial charge in [0.05, 0.1) is 0 Å². The molecule has 0 unspecified atom stereocenters. The molecule has 0 spiro atoms. The fourth-order valence-corrected chi connectivity index (χ4v) is 3.38. The van der Waals surface area contributed by atoms with Crippen molar-refractivity contribution in [2.45, 2.75) is 33.2 Å². The maximum absolute atomic E-state index is 5.83. The number of thiazole rings is 1. The number of nitrogens with zero attached hydrogens (tertiary/aromatic N) is 2. The van der Waals surface area contributed by atoms with Gasteiger partial charge in [-0.15, -0.1) is 11.3 Å². The summed E-state index contributed by atoms with van der Waals surface area (Å²) in [7, 11) is 0. The van der Waals surface area contributed by atoms with Gasteiger partial charge in [0, 0.05) is 17.6 Å². The van der Waals surface area contributed by atoms with Crippen LogP contribution in [0.15, 0.2) is 6.20 Å². The molecule has 2 nitrogen and oxygen atoms in total. The van der Waals surface area contributed by atoms with Gasteiger partial charge in [0.15, 0.2) is 4.47 Å². The summed E-state index contributed by atoms with van der Waals surface area (Å²) >= 11 is 7.43. The molecule has 0 aromatic carbocycles. The minimum Gasteiger partial charge on any atom is -0.298 e. The van der Waals surface area contributed by atoms with Gasteiger partial charge < -0.3 is 0 Å². The van der Waals surface area contributed by atoms with Gasteiger partial charge in [-0.05, 0) is 37.8 Å². The second-order valence-corrected chi connectivity index (χ2v) is 6.63. The molecule has 1 aromatic heterocycles. The zero-order chi connectivity index (χ0) is 11.5. The molecule has 1 aromatic rings. The number of aromatic nitrogens is 1. The van der Waals surface area contributed by atoms with Crippen LogP contribution in [0.25, 0.3) is 0 Å². The highest BCUT2D eigenvalue weighted by molar-refractivity contribution is 7.15. The van der Waals surface area contributed by atoms with Crippen molar-refractivity contribution in [1.29, 1.82) is 0 Å². The standard InChI is InChI=1S/C12H19ClN2S/c1-9(2)10-3-5-15(6-4-10)8-11-7-14-12(13)16-11/h7,9-10H,3-6,8H2,1-2H3. The van der Waals surface area contributed by atoms with Crippen LogP contribution in [0.1, 0.15) is 31.6 Å². The Balaban J connectivity index is 1.81. The first-order valence-electron chi connectivity index (χ1n) is 5.97. The van der Waals surface area contributed by atoms with E-state index >= 15 is 0 Å². The quantitative estimate of drug-likeness (QED) is 0.823. The Labute approximate surface area is 107 Å². The molecule has 1 saturated heterocycles. The largest absolute Gasteiger partial charge is 0.298 e. The van der Waals surface area contributed by atoms with Crippen LogP contribution < -0.4 is 0 Å². The maximum atomic E-state index is 5.83. The fourth-order valence-electron chi connectivity index (χ4n) is 2.35. The summed E-state index contributed by atoms with van der Waals surface area (Å²) < 4.78 is 0.659. The lowest BCUT2D eigenvalue weighted by molar-refractivity contribution is 0.153. The van der Waals surface area contributed by atoms with Gasteiger partial charge >= 0.3 is 0 Å². The molecule has 1 fully saturated rings. The zero-order valence-electron chi connectivity index (χ0n) is 9.95. The summed E-state index contributed by atoms with van der Waals surface area (Å²) in [5, 5.41) is 0. The fraction of sp³-hybridized carbons (Fsp3) is 0.750. The van der Waals surface area contributed by atoms with E-state index in [0.717, 1.165) is 18.4 Å². The molecule has 2 rings (SSSR count). The SMILES string of the molecule is CC(C)C1CCN(Cc2cnc(Cl)s2)CC1. The normalized spacial score (nSPS) is 19.5. The van der Waals surface area contributed by atoms with Gasteiger partial charge in [0.1, 0.15) is 0 Å². The monoisotopic (exact) mass is 258 g/mol. The lowest BCUT2D eigenvalue weighted by atomic mass is 9.87. The van der Waals surface area contributed by atoms with Crippen molar-refractivity contribution in [2.24, 2.45) is 11.8 Å². The summed E-state index contributed by atoms with van der Waals surface area (Å²) in [4.78, 5) is 7.88. The van der Waals surface area contributed by atoms with Gasteiger partial charge in [-0.25, -0.2) is 4.98 Å². The van der Waals surface area contributed by atoms with Gasteiger partial charge in [0.2, 0.25) is 0 Å². The molecule has 0 amide bonds. The number of rotatable bonds is 3. The molecule has 16 heavy (non-hydrogen) atoms. The van der Waals surface area contributed by atoms with Crippen molar-refractivity contribution in [3.63, 3.8) is 0 Å². The third-order valence-electron chi connectivity index (χ3n) is 3.48. The predicted molar refractivity (Wildman–Crippen MR) is 70.0 cm³/mol. The Morgan fingerprint density at radius 2 is 2.19 bits per heavy atom. The Hall–Kier alpha value is -0.120. The molecule has 0 N–H and O–H groups in total. The van der Waals surface area contributed by atoms with Crippen LogP contribution in [0.2, 0.25) is 4.47 Å². The molecule has 4 heteroatoms. The summed E-state index contributed by atoms with van der Waals surface area (Å²) in [6.45, 7) is 8.14. The number of hydrogen-bond acceptors (Lipinski definition) is 3. The average molecular weight is 259 g/mol. The highest BCUT2D eigenvalue weighted by Crippen LogP contribution is 2.26. The second-order valence-electron chi connectivity index (χ2n) is 4.94. The highest BCUT2D eigenvalue weighted by Gasteiger charge is 2.21. The number of halogens is 1. The Bertz CT molecular complexity index is 330. The van der Waals surface area contributed by atoms with Crippen LogP contribution in [-0.2, 0) is 6.54 Å². The van der Waals surface area contributed by atoms with Gasteiger partial charge in [0.25, 0.3) is 0 Å². The molecular formula is C12H19ClN2S. The number of piperidine rings is 1. The van der Waals surface area contributed by atoms with Crippen molar-refractivity contribution in [2.75, 3.05) is 13.1 Å². The van der Waals surface area contributed by atoms with Crippen LogP contribution in [0.4, 0.5) is 0 Å². The topological polar surface area (TPSA) is 16.1 Å². The molecule has 0 atom stereocenters. The number of likely N-dealkylation sites (tertiary alicyclic amines) is 1. The predicted octanol–water partition coefficient (Wildman–Crippen LogP) is 3.66. The molecule has 90 valence electrons. The third-order valence-corrected chi connectivity index (χ3v) is 4.58. The maximum Gasteiger partial charge on any atom is 0.183 e. The molecule has 0 bridgehead atoms. The van der Waals surface area contributed by atoms with Crippen molar-refractivity contribution in [1.82, 2.24) is 9.88 Å². The van der Waals surface area contributed by atoms with Crippen LogP contribution in [0.5, 0.6) is 0 Å². The number of hydrogen-bond donors (Lipinski definition) is 0. The van der Waals surface area contributed by atoms with Crippen molar-refractivity contribution >= 4 is 22.9 Å². The molecule has 0 radical (unpaired) electrons. The first-order valence-corrected chi connectivity index (χ1v) is 7.17. The van der Waals surface area contributed by atoms with Crippen LogP contribution >= 0.6 is 22.9 Å². The van der Waals surface area contributed by atoms with E-state index in [2.05, 4.69) is 23.7 Å². The minimum absolute atomic E-state index is 0.659. The summed E-state index contributed by atoms with van der Waals surface area (Å²) in [5.41, 5.74) is 0. The average Bonchev–Trinajstić information content (AvgIpc) is 2.65. The lowest BCUT2D eigenvalue weighted by Crippen LogP contribution is -2.34. The summed E-state index contributed by atoms with van der Waals surface area (Å²) in [5.74, 6) is 1.75. The minimum atomic E-state index is 0.659. The zero-order valence-corrected chi connectivity index (χ0v) is 11.5. The first-order chi connectivity index (χ1) is 7.65. The van der Waals surface area contributed by atoms with E-state index in [4.69, 9.17) is 11.6 Å². The van der Waals surface area contributed by atoms with Crippen molar-refractivity contribution < 1.29 is 0 Å².